The number of rotatable bonds is 30. The molecule has 0 aliphatic rings. The van der Waals surface area contributed by atoms with Gasteiger partial charge in [0, 0.05) is 19.6 Å². The van der Waals surface area contributed by atoms with Crippen molar-refractivity contribution in [3.63, 3.8) is 0 Å². The number of amides is 1. The second-order valence-corrected chi connectivity index (χ2v) is 8.07. The molecule has 0 radical (unpaired) electrons. The first-order chi connectivity index (χ1) is 19.1. The van der Waals surface area contributed by atoms with Gasteiger partial charge in [0.05, 0.1) is 99.1 Å². The van der Waals surface area contributed by atoms with E-state index in [0.29, 0.717) is 85.8 Å². The predicted octanol–water partition coefficient (Wildman–Crippen LogP) is -0.374. The number of terminal acetylenes is 2. The Morgan fingerprint density at radius 3 is 1.41 bits per heavy atom. The van der Waals surface area contributed by atoms with Crippen LogP contribution in [0.5, 0.6) is 0 Å². The molecule has 0 aromatic rings. The summed E-state index contributed by atoms with van der Waals surface area (Å²) in [6, 6.07) is 0. The summed E-state index contributed by atoms with van der Waals surface area (Å²) in [6.45, 7) is 8.89. The molecule has 3 N–H and O–H groups in total. The number of nitrogens with one attached hydrogen (secondary N) is 1. The summed E-state index contributed by atoms with van der Waals surface area (Å²) in [5.74, 6) is 4.57. The van der Waals surface area contributed by atoms with E-state index >= 15 is 0 Å². The fourth-order valence-electron chi connectivity index (χ4n) is 2.95. The van der Waals surface area contributed by atoms with Gasteiger partial charge in [0.15, 0.2) is 0 Å². The standard InChI is InChI=1S/C27H48N2O10/c1-4-9-38-24-27(23-31-6-3,25-39-10-5-2)29-26(30)7-11-32-13-15-34-17-19-36-21-22-37-20-18-35-16-14-33-12-8-28/h1-2H,6-25,28H2,3H3,(H,29,30). The molecule has 12 heteroatoms. The molecule has 0 aromatic carbocycles. The monoisotopic (exact) mass is 560 g/mol. The Hall–Kier alpha value is -1.81. The van der Waals surface area contributed by atoms with Crippen molar-refractivity contribution in [1.82, 2.24) is 5.32 Å². The fourth-order valence-corrected chi connectivity index (χ4v) is 2.95. The van der Waals surface area contributed by atoms with Gasteiger partial charge in [0.1, 0.15) is 18.8 Å². The van der Waals surface area contributed by atoms with Crippen LogP contribution >= 0.6 is 0 Å². The maximum absolute atomic E-state index is 12.6. The number of hydrogen-bond donors (Lipinski definition) is 2. The van der Waals surface area contributed by atoms with Crippen LogP contribution in [0.2, 0.25) is 0 Å². The second kappa shape index (κ2) is 29.2. The van der Waals surface area contributed by atoms with Crippen LogP contribution in [-0.4, -0.2) is 137 Å². The molecule has 1 amide bonds. The molecular weight excluding hydrogens is 512 g/mol. The van der Waals surface area contributed by atoms with Crippen molar-refractivity contribution in [3.05, 3.63) is 0 Å². The van der Waals surface area contributed by atoms with Gasteiger partial charge in [0.2, 0.25) is 5.91 Å². The minimum absolute atomic E-state index is 0.100. The highest BCUT2D eigenvalue weighted by Crippen LogP contribution is 2.10. The molecule has 12 nitrogen and oxygen atoms in total. The largest absolute Gasteiger partial charge is 0.379 e. The highest BCUT2D eigenvalue weighted by atomic mass is 16.6. The van der Waals surface area contributed by atoms with Crippen LogP contribution in [0.4, 0.5) is 0 Å². The Morgan fingerprint density at radius 2 is 1.03 bits per heavy atom. The molecule has 0 saturated carbocycles. The van der Waals surface area contributed by atoms with Gasteiger partial charge >= 0.3 is 0 Å². The first-order valence-corrected chi connectivity index (χ1v) is 13.2. The van der Waals surface area contributed by atoms with Crippen LogP contribution in [0.15, 0.2) is 0 Å². The molecule has 0 fully saturated rings. The third kappa shape index (κ3) is 24.9. The summed E-state index contributed by atoms with van der Waals surface area (Å²) in [7, 11) is 0. The zero-order chi connectivity index (χ0) is 28.7. The van der Waals surface area contributed by atoms with E-state index in [-0.39, 0.29) is 52.0 Å². The van der Waals surface area contributed by atoms with Crippen molar-refractivity contribution in [2.75, 3.05) is 125 Å². The van der Waals surface area contributed by atoms with E-state index in [2.05, 4.69) is 17.2 Å². The van der Waals surface area contributed by atoms with Gasteiger partial charge in [-0.3, -0.25) is 4.79 Å². The Labute approximate surface area is 233 Å². The van der Waals surface area contributed by atoms with Gasteiger partial charge in [-0.25, -0.2) is 0 Å². The summed E-state index contributed by atoms with van der Waals surface area (Å²) in [5.41, 5.74) is 4.41. The molecule has 0 atom stereocenters. The van der Waals surface area contributed by atoms with Crippen molar-refractivity contribution in [2.24, 2.45) is 5.73 Å². The average Bonchev–Trinajstić information content (AvgIpc) is 2.93. The van der Waals surface area contributed by atoms with Crippen LogP contribution in [0.1, 0.15) is 13.3 Å². The minimum Gasteiger partial charge on any atom is -0.379 e. The SMILES string of the molecule is C#CCOCC(COCC)(COCC#C)NC(=O)CCOCCOCCOCCOCCOCCOCCN. The number of ether oxygens (including phenoxy) is 9. The van der Waals surface area contributed by atoms with Crippen LogP contribution in [0.3, 0.4) is 0 Å². The van der Waals surface area contributed by atoms with E-state index in [4.69, 9.17) is 61.2 Å². The summed E-state index contributed by atoms with van der Waals surface area (Å²) in [4.78, 5) is 12.6. The van der Waals surface area contributed by atoms with E-state index in [1.165, 1.54) is 0 Å². The lowest BCUT2D eigenvalue weighted by Crippen LogP contribution is -2.58. The van der Waals surface area contributed by atoms with Gasteiger partial charge in [-0.1, -0.05) is 11.8 Å². The van der Waals surface area contributed by atoms with E-state index in [9.17, 15) is 4.79 Å². The predicted molar refractivity (Wildman–Crippen MR) is 145 cm³/mol. The topological polar surface area (TPSA) is 138 Å². The molecule has 226 valence electrons. The zero-order valence-corrected chi connectivity index (χ0v) is 23.5. The lowest BCUT2D eigenvalue weighted by Gasteiger charge is -2.33. The third-order valence-corrected chi connectivity index (χ3v) is 4.71. The van der Waals surface area contributed by atoms with Crippen molar-refractivity contribution in [1.29, 1.82) is 0 Å². The quantitative estimate of drug-likeness (QED) is 0.0879. The normalized spacial score (nSPS) is 11.3. The van der Waals surface area contributed by atoms with Crippen LogP contribution in [0, 0.1) is 24.7 Å². The molecule has 0 bridgehead atoms. The second-order valence-electron chi connectivity index (χ2n) is 8.07. The molecule has 39 heavy (non-hydrogen) atoms. The van der Waals surface area contributed by atoms with Crippen molar-refractivity contribution >= 4 is 5.91 Å². The lowest BCUT2D eigenvalue weighted by atomic mass is 10.0. The van der Waals surface area contributed by atoms with Crippen molar-refractivity contribution < 1.29 is 47.4 Å². The summed E-state index contributed by atoms with van der Waals surface area (Å²) in [6.07, 6.45) is 10.7. The molecule has 0 aliphatic heterocycles. The zero-order valence-electron chi connectivity index (χ0n) is 23.5. The molecule has 0 spiro atoms. The Balaban J connectivity index is 3.84. The average molecular weight is 561 g/mol. The van der Waals surface area contributed by atoms with Gasteiger partial charge in [-0.05, 0) is 6.92 Å². The number of hydrogen-bond acceptors (Lipinski definition) is 11. The lowest BCUT2D eigenvalue weighted by molar-refractivity contribution is -0.128. The maximum atomic E-state index is 12.6. The first kappa shape index (κ1) is 37.2. The molecule has 0 rings (SSSR count). The van der Waals surface area contributed by atoms with Gasteiger partial charge in [-0.2, -0.15) is 0 Å². The maximum Gasteiger partial charge on any atom is 0.222 e. The van der Waals surface area contributed by atoms with Gasteiger partial charge in [-0.15, -0.1) is 12.8 Å². The fraction of sp³-hybridized carbons (Fsp3) is 0.815. The summed E-state index contributed by atoms with van der Waals surface area (Å²) >= 11 is 0. The molecule has 0 unspecified atom stereocenters. The highest BCUT2D eigenvalue weighted by molar-refractivity contribution is 5.77. The minimum atomic E-state index is -0.914. The van der Waals surface area contributed by atoms with Gasteiger partial charge in [0.25, 0.3) is 0 Å². The Bertz CT molecular complexity index is 619. The smallest absolute Gasteiger partial charge is 0.222 e. The molecular formula is C27H48N2O10. The number of carbonyl (C=O) groups is 1. The van der Waals surface area contributed by atoms with Crippen LogP contribution < -0.4 is 11.1 Å². The molecule has 0 saturated heterocycles. The van der Waals surface area contributed by atoms with Crippen molar-refractivity contribution in [2.45, 2.75) is 18.9 Å². The summed E-state index contributed by atoms with van der Waals surface area (Å²) < 4.78 is 48.9. The van der Waals surface area contributed by atoms with E-state index in [1.54, 1.807) is 0 Å². The van der Waals surface area contributed by atoms with E-state index < -0.39 is 5.54 Å². The van der Waals surface area contributed by atoms with Crippen LogP contribution in [0.25, 0.3) is 0 Å². The highest BCUT2D eigenvalue weighted by Gasteiger charge is 2.33. The van der Waals surface area contributed by atoms with Crippen LogP contribution in [-0.2, 0) is 47.4 Å². The van der Waals surface area contributed by atoms with E-state index in [1.807, 2.05) is 6.92 Å². The number of carbonyl (C=O) groups excluding carboxylic acids is 1. The van der Waals surface area contributed by atoms with Crippen molar-refractivity contribution in [3.8, 4) is 24.7 Å². The molecule has 0 aromatic heterocycles. The van der Waals surface area contributed by atoms with Gasteiger partial charge < -0.3 is 53.7 Å². The first-order valence-electron chi connectivity index (χ1n) is 13.2. The Morgan fingerprint density at radius 1 is 0.641 bits per heavy atom. The van der Waals surface area contributed by atoms with E-state index in [0.717, 1.165) is 0 Å². The molecule has 0 aliphatic carbocycles. The summed E-state index contributed by atoms with van der Waals surface area (Å²) in [5, 5.41) is 2.94. The number of nitrogens with two attached hydrogens (primary N) is 1. The molecule has 0 heterocycles. The Kier molecular flexibility index (Phi) is 27.8. The third-order valence-electron chi connectivity index (χ3n) is 4.71.